The van der Waals surface area contributed by atoms with Gasteiger partial charge in [0.05, 0.1) is 12.2 Å². The van der Waals surface area contributed by atoms with Crippen molar-refractivity contribution < 1.29 is 0 Å². The maximum Gasteiger partial charge on any atom is 0.0967 e. The van der Waals surface area contributed by atoms with Crippen LogP contribution in [-0.2, 0) is 19.6 Å². The van der Waals surface area contributed by atoms with Crippen molar-refractivity contribution in [2.75, 3.05) is 13.6 Å². The second-order valence-electron chi connectivity index (χ2n) is 4.29. The van der Waals surface area contributed by atoms with E-state index in [1.165, 1.54) is 5.56 Å². The van der Waals surface area contributed by atoms with E-state index in [0.29, 0.717) is 13.1 Å². The highest BCUT2D eigenvalue weighted by atomic mass is 15.4. The van der Waals surface area contributed by atoms with Gasteiger partial charge in [0.2, 0.25) is 0 Å². The van der Waals surface area contributed by atoms with Gasteiger partial charge in [-0.2, -0.15) is 0 Å². The lowest BCUT2D eigenvalue weighted by Gasteiger charge is -2.14. The number of hydrogen-bond acceptors (Lipinski definition) is 5. The summed E-state index contributed by atoms with van der Waals surface area (Å²) in [5, 5.41) is 8.14. The molecule has 0 aliphatic carbocycles. The van der Waals surface area contributed by atoms with Gasteiger partial charge in [0.25, 0.3) is 0 Å². The van der Waals surface area contributed by atoms with Gasteiger partial charge in [0, 0.05) is 38.2 Å². The third-order valence-corrected chi connectivity index (χ3v) is 2.58. The van der Waals surface area contributed by atoms with Crippen LogP contribution < -0.4 is 5.73 Å². The van der Waals surface area contributed by atoms with Gasteiger partial charge in [-0.15, -0.1) is 5.10 Å². The Balaban J connectivity index is 1.88. The topological polar surface area (TPSA) is 72.9 Å². The minimum atomic E-state index is 0.579. The van der Waals surface area contributed by atoms with Crippen LogP contribution in [0.25, 0.3) is 0 Å². The summed E-state index contributed by atoms with van der Waals surface area (Å²) >= 11 is 0. The van der Waals surface area contributed by atoms with Crippen molar-refractivity contribution in [1.82, 2.24) is 24.9 Å². The molecular weight excluding hydrogens is 228 g/mol. The molecule has 2 aromatic rings. The van der Waals surface area contributed by atoms with Crippen molar-refractivity contribution in [2.45, 2.75) is 19.6 Å². The van der Waals surface area contributed by atoms with Crippen LogP contribution >= 0.6 is 0 Å². The Morgan fingerprint density at radius 3 is 2.78 bits per heavy atom. The first-order chi connectivity index (χ1) is 8.78. The van der Waals surface area contributed by atoms with E-state index in [1.807, 2.05) is 18.3 Å². The van der Waals surface area contributed by atoms with Crippen LogP contribution in [0.1, 0.15) is 11.3 Å². The third-order valence-electron chi connectivity index (χ3n) is 2.58. The Kier molecular flexibility index (Phi) is 4.38. The minimum absolute atomic E-state index is 0.579. The molecule has 0 saturated carbocycles. The second kappa shape index (κ2) is 6.23. The minimum Gasteiger partial charge on any atom is -0.329 e. The van der Waals surface area contributed by atoms with Crippen LogP contribution in [0, 0.1) is 0 Å². The van der Waals surface area contributed by atoms with E-state index in [-0.39, 0.29) is 0 Å². The number of nitrogens with zero attached hydrogens (tertiary/aromatic N) is 5. The molecule has 0 spiro atoms. The molecule has 0 saturated heterocycles. The van der Waals surface area contributed by atoms with Gasteiger partial charge in [-0.1, -0.05) is 5.21 Å². The number of hydrogen-bond donors (Lipinski definition) is 1. The van der Waals surface area contributed by atoms with E-state index < -0.39 is 0 Å². The standard InChI is InChI=1S/C12H18N6/c1-17(8-11-2-5-14-6-3-11)9-12-10-18(7-4-13)16-15-12/h2-3,5-6,10H,4,7-9,13H2,1H3. The Bertz CT molecular complexity index is 466. The average Bonchev–Trinajstić information content (AvgIpc) is 2.78. The molecule has 2 heterocycles. The van der Waals surface area contributed by atoms with Crippen molar-refractivity contribution in [1.29, 1.82) is 0 Å². The summed E-state index contributed by atoms with van der Waals surface area (Å²) in [6.07, 6.45) is 5.55. The predicted octanol–water partition coefficient (Wildman–Crippen LogP) is 0.264. The SMILES string of the molecule is CN(Cc1ccncc1)Cc1cn(CCN)nn1. The van der Waals surface area contributed by atoms with Gasteiger partial charge in [-0.3, -0.25) is 14.6 Å². The smallest absolute Gasteiger partial charge is 0.0967 e. The van der Waals surface area contributed by atoms with Gasteiger partial charge in [0.1, 0.15) is 0 Å². The molecule has 0 aliphatic rings. The largest absolute Gasteiger partial charge is 0.329 e. The Morgan fingerprint density at radius 2 is 2.06 bits per heavy atom. The fourth-order valence-electron chi connectivity index (χ4n) is 1.78. The van der Waals surface area contributed by atoms with E-state index in [9.17, 15) is 0 Å². The molecule has 0 bridgehead atoms. The first-order valence-corrected chi connectivity index (χ1v) is 5.94. The van der Waals surface area contributed by atoms with Gasteiger partial charge in [-0.05, 0) is 24.7 Å². The van der Waals surface area contributed by atoms with E-state index in [1.54, 1.807) is 17.1 Å². The number of nitrogens with two attached hydrogens (primary N) is 1. The first kappa shape index (κ1) is 12.7. The lowest BCUT2D eigenvalue weighted by molar-refractivity contribution is 0.315. The van der Waals surface area contributed by atoms with Gasteiger partial charge < -0.3 is 5.73 Å². The van der Waals surface area contributed by atoms with Crippen molar-refractivity contribution >= 4 is 0 Å². The molecule has 2 aromatic heterocycles. The van der Waals surface area contributed by atoms with Gasteiger partial charge in [-0.25, -0.2) is 0 Å². The molecule has 0 unspecified atom stereocenters. The van der Waals surface area contributed by atoms with Crippen LogP contribution in [-0.4, -0.2) is 38.5 Å². The maximum atomic E-state index is 5.47. The molecule has 96 valence electrons. The molecule has 0 aliphatic heterocycles. The van der Waals surface area contributed by atoms with Gasteiger partial charge in [0.15, 0.2) is 0 Å². The molecule has 2 rings (SSSR count). The lowest BCUT2D eigenvalue weighted by atomic mass is 10.2. The summed E-state index contributed by atoms with van der Waals surface area (Å²) in [6, 6.07) is 4.03. The monoisotopic (exact) mass is 246 g/mol. The van der Waals surface area contributed by atoms with Crippen LogP contribution in [0.15, 0.2) is 30.7 Å². The van der Waals surface area contributed by atoms with E-state index in [4.69, 9.17) is 5.73 Å². The fraction of sp³-hybridized carbons (Fsp3) is 0.417. The Labute approximate surface area is 106 Å². The van der Waals surface area contributed by atoms with E-state index >= 15 is 0 Å². The molecular formula is C12H18N6. The fourth-order valence-corrected chi connectivity index (χ4v) is 1.78. The lowest BCUT2D eigenvalue weighted by Crippen LogP contribution is -2.17. The quantitative estimate of drug-likeness (QED) is 0.791. The predicted molar refractivity (Wildman–Crippen MR) is 68.5 cm³/mol. The summed E-state index contributed by atoms with van der Waals surface area (Å²) in [4.78, 5) is 6.19. The zero-order chi connectivity index (χ0) is 12.8. The highest BCUT2D eigenvalue weighted by molar-refractivity contribution is 5.09. The van der Waals surface area contributed by atoms with Crippen LogP contribution in [0.5, 0.6) is 0 Å². The summed E-state index contributed by atoms with van der Waals surface area (Å²) < 4.78 is 1.77. The normalized spacial score (nSPS) is 11.1. The maximum absolute atomic E-state index is 5.47. The molecule has 0 fully saturated rings. The second-order valence-corrected chi connectivity index (χ2v) is 4.29. The van der Waals surface area contributed by atoms with Crippen molar-refractivity contribution in [3.05, 3.63) is 42.0 Å². The summed E-state index contributed by atoms with van der Waals surface area (Å²) in [5.41, 5.74) is 7.66. The first-order valence-electron chi connectivity index (χ1n) is 5.94. The zero-order valence-electron chi connectivity index (χ0n) is 10.5. The molecule has 2 N–H and O–H groups in total. The summed E-state index contributed by atoms with van der Waals surface area (Å²) in [6.45, 7) is 2.93. The zero-order valence-corrected chi connectivity index (χ0v) is 10.5. The molecule has 6 nitrogen and oxygen atoms in total. The highest BCUT2D eigenvalue weighted by Gasteiger charge is 2.05. The van der Waals surface area contributed by atoms with Crippen LogP contribution in [0.3, 0.4) is 0 Å². The summed E-state index contributed by atoms with van der Waals surface area (Å²) in [5.74, 6) is 0. The number of pyridine rings is 1. The summed E-state index contributed by atoms with van der Waals surface area (Å²) in [7, 11) is 2.06. The molecule has 18 heavy (non-hydrogen) atoms. The average molecular weight is 246 g/mol. The highest BCUT2D eigenvalue weighted by Crippen LogP contribution is 2.04. The van der Waals surface area contributed by atoms with Crippen LogP contribution in [0.2, 0.25) is 0 Å². The molecule has 0 atom stereocenters. The van der Waals surface area contributed by atoms with Crippen molar-refractivity contribution in [3.8, 4) is 0 Å². The Hall–Kier alpha value is -1.79. The molecule has 6 heteroatoms. The van der Waals surface area contributed by atoms with E-state index in [0.717, 1.165) is 18.8 Å². The third kappa shape index (κ3) is 3.61. The molecule has 0 aromatic carbocycles. The van der Waals surface area contributed by atoms with Crippen molar-refractivity contribution in [3.63, 3.8) is 0 Å². The van der Waals surface area contributed by atoms with Crippen molar-refractivity contribution in [2.24, 2.45) is 5.73 Å². The number of aromatic nitrogens is 4. The Morgan fingerprint density at radius 1 is 1.28 bits per heavy atom. The van der Waals surface area contributed by atoms with E-state index in [2.05, 4.69) is 27.2 Å². The molecule has 0 amide bonds. The van der Waals surface area contributed by atoms with Gasteiger partial charge >= 0.3 is 0 Å². The number of rotatable bonds is 6. The molecule has 0 radical (unpaired) electrons. The van der Waals surface area contributed by atoms with Crippen LogP contribution in [0.4, 0.5) is 0 Å².